The first kappa shape index (κ1) is 21.4. The zero-order valence-electron chi connectivity index (χ0n) is 18.1. The van der Waals surface area contributed by atoms with Crippen molar-refractivity contribution in [1.82, 2.24) is 24.4 Å². The number of aryl methyl sites for hydroxylation is 1. The van der Waals surface area contributed by atoms with E-state index in [4.69, 9.17) is 0 Å². The molecule has 0 N–H and O–H groups in total. The van der Waals surface area contributed by atoms with E-state index in [9.17, 15) is 14.0 Å². The van der Waals surface area contributed by atoms with E-state index < -0.39 is 0 Å². The highest BCUT2D eigenvalue weighted by molar-refractivity contribution is 7.19. The maximum absolute atomic E-state index is 13.2. The number of hydrogen-bond acceptors (Lipinski definition) is 6. The quantitative estimate of drug-likeness (QED) is 0.465. The first-order valence-electron chi connectivity index (χ1n) is 10.7. The Morgan fingerprint density at radius 2 is 1.82 bits per heavy atom. The first-order chi connectivity index (χ1) is 16.0. The van der Waals surface area contributed by atoms with Gasteiger partial charge >= 0.3 is 0 Å². The number of halogens is 1. The van der Waals surface area contributed by atoms with Gasteiger partial charge in [-0.1, -0.05) is 29.0 Å². The third-order valence-electron chi connectivity index (χ3n) is 5.70. The number of aromatic nitrogens is 3. The lowest BCUT2D eigenvalue weighted by molar-refractivity contribution is 0.0627. The molecule has 1 aliphatic rings. The van der Waals surface area contributed by atoms with Crippen molar-refractivity contribution < 1.29 is 9.18 Å². The van der Waals surface area contributed by atoms with Crippen molar-refractivity contribution in [2.24, 2.45) is 0 Å². The molecule has 0 bridgehead atoms. The van der Waals surface area contributed by atoms with Gasteiger partial charge < -0.3 is 4.90 Å². The van der Waals surface area contributed by atoms with E-state index in [0.717, 1.165) is 11.1 Å². The average Bonchev–Trinajstić information content (AvgIpc) is 3.24. The summed E-state index contributed by atoms with van der Waals surface area (Å²) in [6.45, 7) is 5.19. The summed E-state index contributed by atoms with van der Waals surface area (Å²) in [4.78, 5) is 34.6. The molecule has 7 nitrogen and oxygen atoms in total. The Labute approximate surface area is 193 Å². The Bertz CT molecular complexity index is 1370. The van der Waals surface area contributed by atoms with Crippen LogP contribution in [0.3, 0.4) is 0 Å². The number of amides is 1. The van der Waals surface area contributed by atoms with Crippen LogP contribution in [0.1, 0.15) is 21.6 Å². The monoisotopic (exact) mass is 463 g/mol. The first-order valence-corrected chi connectivity index (χ1v) is 11.5. The minimum atomic E-state index is -0.321. The Morgan fingerprint density at radius 3 is 2.55 bits per heavy atom. The van der Waals surface area contributed by atoms with Crippen LogP contribution in [-0.2, 0) is 6.54 Å². The van der Waals surface area contributed by atoms with E-state index in [2.05, 4.69) is 15.0 Å². The lowest BCUT2D eigenvalue weighted by atomic mass is 10.1. The van der Waals surface area contributed by atoms with Crippen molar-refractivity contribution in [3.8, 4) is 10.6 Å². The number of nitrogens with zero attached hydrogens (tertiary/aromatic N) is 5. The number of hydrogen-bond donors (Lipinski definition) is 0. The van der Waals surface area contributed by atoms with E-state index in [0.29, 0.717) is 53.9 Å². The van der Waals surface area contributed by atoms with Gasteiger partial charge in [-0.25, -0.2) is 9.37 Å². The molecule has 0 atom stereocenters. The summed E-state index contributed by atoms with van der Waals surface area (Å²) < 4.78 is 14.5. The number of fused-ring (bicyclic) bond motifs is 1. The molecule has 0 aliphatic carbocycles. The molecule has 4 aromatic rings. The Morgan fingerprint density at radius 1 is 1.06 bits per heavy atom. The van der Waals surface area contributed by atoms with Crippen molar-refractivity contribution >= 4 is 22.2 Å². The minimum Gasteiger partial charge on any atom is -0.336 e. The van der Waals surface area contributed by atoms with Crippen LogP contribution in [0.2, 0.25) is 0 Å². The van der Waals surface area contributed by atoms with Gasteiger partial charge in [-0.3, -0.25) is 14.5 Å². The molecule has 168 valence electrons. The molecule has 1 saturated heterocycles. The molecule has 0 radical (unpaired) electrons. The smallest absolute Gasteiger partial charge is 0.275 e. The summed E-state index contributed by atoms with van der Waals surface area (Å²) in [5, 5.41) is 4.96. The van der Waals surface area contributed by atoms with Gasteiger partial charge in [-0.2, -0.15) is 9.61 Å². The van der Waals surface area contributed by atoms with E-state index in [-0.39, 0.29) is 17.3 Å². The lowest BCUT2D eigenvalue weighted by Crippen LogP contribution is -2.48. The maximum Gasteiger partial charge on any atom is 0.275 e. The number of rotatable bonds is 4. The molecule has 1 amide bonds. The van der Waals surface area contributed by atoms with E-state index in [1.807, 2.05) is 36.1 Å². The number of benzene rings is 2. The molecule has 0 spiro atoms. The van der Waals surface area contributed by atoms with Gasteiger partial charge in [-0.15, -0.1) is 0 Å². The van der Waals surface area contributed by atoms with E-state index >= 15 is 0 Å². The van der Waals surface area contributed by atoms with Crippen LogP contribution in [0.25, 0.3) is 15.5 Å². The second kappa shape index (κ2) is 8.84. The largest absolute Gasteiger partial charge is 0.336 e. The van der Waals surface area contributed by atoms with Gasteiger partial charge in [0.05, 0.1) is 5.69 Å². The second-order valence-corrected chi connectivity index (χ2v) is 9.09. The van der Waals surface area contributed by atoms with Crippen LogP contribution in [-0.4, -0.2) is 56.5 Å². The standard InChI is InChI=1S/C24H22FN5O2S/c1-16-3-2-4-18(13-16)23(32)29-11-9-28(10-12-29)15-20-14-21(31)30-24(26-20)33-22(27-30)17-5-7-19(25)8-6-17/h2-8,13-14H,9-12,15H2,1H3. The normalized spacial score (nSPS) is 14.7. The molecular formula is C24H22FN5O2S. The van der Waals surface area contributed by atoms with Crippen molar-refractivity contribution in [2.45, 2.75) is 13.5 Å². The maximum atomic E-state index is 13.2. The third-order valence-corrected chi connectivity index (χ3v) is 6.66. The number of carbonyl (C=O) groups is 1. The van der Waals surface area contributed by atoms with E-state index in [1.165, 1.54) is 34.1 Å². The third kappa shape index (κ3) is 4.55. The summed E-state index contributed by atoms with van der Waals surface area (Å²) in [6.07, 6.45) is 0. The van der Waals surface area contributed by atoms with Gasteiger partial charge in [0.15, 0.2) is 0 Å². The highest BCUT2D eigenvalue weighted by Gasteiger charge is 2.23. The molecule has 33 heavy (non-hydrogen) atoms. The average molecular weight is 464 g/mol. The SMILES string of the molecule is Cc1cccc(C(=O)N2CCN(Cc3cc(=O)n4nc(-c5ccc(F)cc5)sc4n3)CC2)c1. The summed E-state index contributed by atoms with van der Waals surface area (Å²) in [6, 6.07) is 15.2. The predicted octanol–water partition coefficient (Wildman–Crippen LogP) is 3.22. The molecule has 2 aromatic heterocycles. The highest BCUT2D eigenvalue weighted by atomic mass is 32.1. The lowest BCUT2D eigenvalue weighted by Gasteiger charge is -2.34. The minimum absolute atomic E-state index is 0.0501. The van der Waals surface area contributed by atoms with Crippen molar-refractivity contribution in [3.63, 3.8) is 0 Å². The second-order valence-electron chi connectivity index (χ2n) is 8.13. The summed E-state index contributed by atoms with van der Waals surface area (Å²) >= 11 is 1.30. The summed E-state index contributed by atoms with van der Waals surface area (Å²) in [5.41, 5.74) is 2.95. The molecule has 1 aliphatic heterocycles. The molecule has 2 aromatic carbocycles. The zero-order valence-corrected chi connectivity index (χ0v) is 18.9. The number of piperazine rings is 1. The van der Waals surface area contributed by atoms with Gasteiger partial charge in [0.1, 0.15) is 10.8 Å². The Kier molecular flexibility index (Phi) is 5.74. The van der Waals surface area contributed by atoms with Crippen LogP contribution >= 0.6 is 11.3 Å². The summed E-state index contributed by atoms with van der Waals surface area (Å²) in [5.74, 6) is -0.271. The molecule has 3 heterocycles. The van der Waals surface area contributed by atoms with Gasteiger partial charge in [0, 0.05) is 49.9 Å². The van der Waals surface area contributed by atoms with Crippen LogP contribution in [0.4, 0.5) is 4.39 Å². The van der Waals surface area contributed by atoms with Gasteiger partial charge in [0.25, 0.3) is 11.5 Å². The molecule has 1 fully saturated rings. The zero-order chi connectivity index (χ0) is 22.9. The van der Waals surface area contributed by atoms with Crippen LogP contribution in [0.5, 0.6) is 0 Å². The number of carbonyl (C=O) groups excluding carboxylic acids is 1. The molecular weight excluding hydrogens is 441 g/mol. The molecule has 9 heteroatoms. The topological polar surface area (TPSA) is 70.8 Å². The fraction of sp³-hybridized carbons (Fsp3) is 0.250. The fourth-order valence-corrected chi connectivity index (χ4v) is 4.87. The Balaban J connectivity index is 1.27. The van der Waals surface area contributed by atoms with E-state index in [1.54, 1.807) is 12.1 Å². The predicted molar refractivity (Wildman–Crippen MR) is 125 cm³/mol. The van der Waals surface area contributed by atoms with Crippen LogP contribution in [0, 0.1) is 12.7 Å². The molecule has 5 rings (SSSR count). The Hall–Kier alpha value is -3.43. The summed E-state index contributed by atoms with van der Waals surface area (Å²) in [7, 11) is 0. The van der Waals surface area contributed by atoms with Crippen molar-refractivity contribution in [2.75, 3.05) is 26.2 Å². The van der Waals surface area contributed by atoms with Crippen molar-refractivity contribution in [3.05, 3.63) is 87.6 Å². The molecule has 0 unspecified atom stereocenters. The fourth-order valence-electron chi connectivity index (χ4n) is 3.95. The van der Waals surface area contributed by atoms with Crippen LogP contribution < -0.4 is 5.56 Å². The van der Waals surface area contributed by atoms with Gasteiger partial charge in [0.2, 0.25) is 4.96 Å². The molecule has 0 saturated carbocycles. The highest BCUT2D eigenvalue weighted by Crippen LogP contribution is 2.24. The van der Waals surface area contributed by atoms with Gasteiger partial charge in [-0.05, 0) is 43.3 Å². The van der Waals surface area contributed by atoms with Crippen LogP contribution in [0.15, 0.2) is 59.4 Å². The van der Waals surface area contributed by atoms with Crippen molar-refractivity contribution in [1.29, 1.82) is 0 Å².